The van der Waals surface area contributed by atoms with Gasteiger partial charge in [0.1, 0.15) is 10.2 Å². The van der Waals surface area contributed by atoms with Crippen LogP contribution in [0.2, 0.25) is 0 Å². The fraction of sp³-hybridized carbons (Fsp3) is 0. The third-order valence-corrected chi connectivity index (χ3v) is 3.66. The maximum absolute atomic E-state index is 6.19. The largest absolute Gasteiger partial charge is 0.247 e. The van der Waals surface area contributed by atoms with Crippen molar-refractivity contribution in [3.05, 3.63) is 48.2 Å². The summed E-state index contributed by atoms with van der Waals surface area (Å²) in [4.78, 5) is 9.78. The van der Waals surface area contributed by atoms with Crippen LogP contribution in [-0.4, -0.2) is 10.2 Å². The van der Waals surface area contributed by atoms with E-state index in [-0.39, 0.29) is 0 Å². The summed E-state index contributed by atoms with van der Waals surface area (Å²) in [5.41, 5.74) is 1.79. The Hall–Kier alpha value is -1.32. The highest BCUT2D eigenvalue weighted by atomic mass is 35.5. The minimum atomic E-state index is 0.523. The van der Waals surface area contributed by atoms with Gasteiger partial charge in [-0.15, -0.1) is 0 Å². The van der Waals surface area contributed by atoms with Crippen molar-refractivity contribution in [3.63, 3.8) is 0 Å². The number of benzene rings is 1. The maximum atomic E-state index is 6.19. The third-order valence-electron chi connectivity index (χ3n) is 2.29. The highest BCUT2D eigenvalue weighted by molar-refractivity contribution is 7.99. The lowest BCUT2D eigenvalue weighted by Gasteiger charge is -2.02. The van der Waals surface area contributed by atoms with E-state index in [1.165, 1.54) is 0 Å². The van der Waals surface area contributed by atoms with Gasteiger partial charge in [-0.1, -0.05) is 41.6 Å². The molecular weight excluding hydrogens is 240 g/mol. The first-order valence-electron chi connectivity index (χ1n) is 4.81. The van der Waals surface area contributed by atoms with Crippen LogP contribution in [-0.2, 0) is 0 Å². The van der Waals surface area contributed by atoms with E-state index in [2.05, 4.69) is 9.98 Å². The molecule has 4 heteroatoms. The van der Waals surface area contributed by atoms with Gasteiger partial charge in [0.2, 0.25) is 0 Å². The molecule has 0 N–H and O–H groups in total. The SMILES string of the molecule is ClC1=Nc2cccnc2Sc2ccccc21. The number of aromatic nitrogens is 1. The van der Waals surface area contributed by atoms with Crippen LogP contribution in [0.3, 0.4) is 0 Å². The summed E-state index contributed by atoms with van der Waals surface area (Å²) in [5.74, 6) is 0. The summed E-state index contributed by atoms with van der Waals surface area (Å²) in [6, 6.07) is 11.7. The lowest BCUT2D eigenvalue weighted by molar-refractivity contribution is 1.13. The molecule has 2 aromatic rings. The first kappa shape index (κ1) is 9.87. The Labute approximate surface area is 102 Å². The van der Waals surface area contributed by atoms with Gasteiger partial charge < -0.3 is 0 Å². The van der Waals surface area contributed by atoms with E-state index in [9.17, 15) is 0 Å². The molecule has 3 rings (SSSR count). The van der Waals surface area contributed by atoms with E-state index in [0.717, 1.165) is 21.2 Å². The first-order valence-corrected chi connectivity index (χ1v) is 6.00. The van der Waals surface area contributed by atoms with Crippen molar-refractivity contribution in [2.75, 3.05) is 0 Å². The highest BCUT2D eigenvalue weighted by Crippen LogP contribution is 2.38. The number of fused-ring (bicyclic) bond motifs is 2. The Morgan fingerprint density at radius 1 is 1.06 bits per heavy atom. The minimum absolute atomic E-state index is 0.523. The van der Waals surface area contributed by atoms with Gasteiger partial charge in [-0.3, -0.25) is 0 Å². The molecule has 1 aromatic heterocycles. The number of aliphatic imine (C=N–C) groups is 1. The van der Waals surface area contributed by atoms with Crippen LogP contribution < -0.4 is 0 Å². The molecule has 2 heterocycles. The number of hydrogen-bond acceptors (Lipinski definition) is 3. The van der Waals surface area contributed by atoms with Crippen LogP contribution in [0.15, 0.2) is 57.5 Å². The van der Waals surface area contributed by atoms with Crippen molar-refractivity contribution >= 4 is 34.2 Å². The average Bonchev–Trinajstić information content (AvgIpc) is 2.45. The van der Waals surface area contributed by atoms with E-state index in [0.29, 0.717) is 5.17 Å². The zero-order valence-corrected chi connectivity index (χ0v) is 9.79. The number of rotatable bonds is 0. The smallest absolute Gasteiger partial charge is 0.138 e. The average molecular weight is 247 g/mol. The van der Waals surface area contributed by atoms with Crippen molar-refractivity contribution in [3.8, 4) is 0 Å². The molecule has 2 nitrogen and oxygen atoms in total. The molecule has 0 atom stereocenters. The van der Waals surface area contributed by atoms with Gasteiger partial charge in [-0.2, -0.15) is 0 Å². The van der Waals surface area contributed by atoms with Crippen LogP contribution in [0.1, 0.15) is 5.56 Å². The van der Waals surface area contributed by atoms with Crippen LogP contribution in [0, 0.1) is 0 Å². The van der Waals surface area contributed by atoms with Crippen molar-refractivity contribution < 1.29 is 0 Å². The summed E-state index contributed by atoms with van der Waals surface area (Å²) >= 11 is 7.79. The summed E-state index contributed by atoms with van der Waals surface area (Å²) in [5, 5.41) is 1.42. The molecule has 0 saturated carbocycles. The standard InChI is InChI=1S/C12H7ClN2S/c13-11-8-4-1-2-6-10(8)16-12-9(15-11)5-3-7-14-12/h1-7H. The molecule has 0 spiro atoms. The second kappa shape index (κ2) is 3.92. The zero-order chi connectivity index (χ0) is 11.0. The number of hydrogen-bond donors (Lipinski definition) is 0. The molecular formula is C12H7ClN2S. The molecule has 0 amide bonds. The normalized spacial score (nSPS) is 13.4. The molecule has 0 bridgehead atoms. The van der Waals surface area contributed by atoms with Crippen molar-refractivity contribution in [1.29, 1.82) is 0 Å². The second-order valence-corrected chi connectivity index (χ2v) is 4.72. The molecule has 1 aliphatic rings. The number of nitrogens with zero attached hydrogens (tertiary/aromatic N) is 2. The van der Waals surface area contributed by atoms with Crippen LogP contribution in [0.25, 0.3) is 0 Å². The Morgan fingerprint density at radius 3 is 2.88 bits per heavy atom. The third kappa shape index (κ3) is 1.62. The van der Waals surface area contributed by atoms with Gasteiger partial charge in [-0.05, 0) is 18.2 Å². The number of pyridine rings is 1. The molecule has 0 saturated heterocycles. The summed E-state index contributed by atoms with van der Waals surface area (Å²) in [7, 11) is 0. The van der Waals surface area contributed by atoms with Crippen molar-refractivity contribution in [2.24, 2.45) is 4.99 Å². The van der Waals surface area contributed by atoms with E-state index in [1.807, 2.05) is 36.4 Å². The molecule has 1 aromatic carbocycles. The zero-order valence-electron chi connectivity index (χ0n) is 8.22. The predicted octanol–water partition coefficient (Wildman–Crippen LogP) is 3.86. The van der Waals surface area contributed by atoms with E-state index in [1.54, 1.807) is 18.0 Å². The van der Waals surface area contributed by atoms with Gasteiger partial charge in [0.05, 0.1) is 5.69 Å². The molecule has 0 unspecified atom stereocenters. The van der Waals surface area contributed by atoms with Crippen LogP contribution in [0.5, 0.6) is 0 Å². The lowest BCUT2D eigenvalue weighted by atomic mass is 10.2. The second-order valence-electron chi connectivity index (χ2n) is 3.33. The van der Waals surface area contributed by atoms with Crippen LogP contribution >= 0.6 is 23.4 Å². The number of halogens is 1. The van der Waals surface area contributed by atoms with Gasteiger partial charge >= 0.3 is 0 Å². The lowest BCUT2D eigenvalue weighted by Crippen LogP contribution is -1.90. The summed E-state index contributed by atoms with van der Waals surface area (Å²) in [6.07, 6.45) is 1.77. The van der Waals surface area contributed by atoms with Crippen molar-refractivity contribution in [1.82, 2.24) is 4.98 Å². The Balaban J connectivity index is 2.25. The Morgan fingerprint density at radius 2 is 1.94 bits per heavy atom. The summed E-state index contributed by atoms with van der Waals surface area (Å²) < 4.78 is 0. The molecule has 16 heavy (non-hydrogen) atoms. The first-order chi connectivity index (χ1) is 7.84. The molecule has 0 aliphatic carbocycles. The Kier molecular flexibility index (Phi) is 2.42. The fourth-order valence-electron chi connectivity index (χ4n) is 1.54. The molecule has 1 aliphatic heterocycles. The van der Waals surface area contributed by atoms with Gasteiger partial charge in [0.15, 0.2) is 0 Å². The topological polar surface area (TPSA) is 25.2 Å². The quantitative estimate of drug-likeness (QED) is 0.705. The van der Waals surface area contributed by atoms with E-state index in [4.69, 9.17) is 11.6 Å². The van der Waals surface area contributed by atoms with E-state index >= 15 is 0 Å². The van der Waals surface area contributed by atoms with Gasteiger partial charge in [0.25, 0.3) is 0 Å². The highest BCUT2D eigenvalue weighted by Gasteiger charge is 2.15. The molecule has 0 fully saturated rings. The molecule has 0 radical (unpaired) electrons. The Bertz CT molecular complexity index is 581. The van der Waals surface area contributed by atoms with Crippen molar-refractivity contribution in [2.45, 2.75) is 9.92 Å². The monoisotopic (exact) mass is 246 g/mol. The fourth-order valence-corrected chi connectivity index (χ4v) is 2.82. The van der Waals surface area contributed by atoms with E-state index < -0.39 is 0 Å². The molecule has 78 valence electrons. The maximum Gasteiger partial charge on any atom is 0.138 e. The summed E-state index contributed by atoms with van der Waals surface area (Å²) in [6.45, 7) is 0. The van der Waals surface area contributed by atoms with Crippen LogP contribution in [0.4, 0.5) is 5.69 Å². The van der Waals surface area contributed by atoms with Gasteiger partial charge in [0, 0.05) is 16.7 Å². The minimum Gasteiger partial charge on any atom is -0.247 e. The van der Waals surface area contributed by atoms with Gasteiger partial charge in [-0.25, -0.2) is 9.98 Å². The predicted molar refractivity (Wildman–Crippen MR) is 66.9 cm³/mol.